The Balaban J connectivity index is 1.68. The van der Waals surface area contributed by atoms with Gasteiger partial charge in [0.1, 0.15) is 11.8 Å². The van der Waals surface area contributed by atoms with E-state index in [0.717, 1.165) is 31.2 Å². The summed E-state index contributed by atoms with van der Waals surface area (Å²) < 4.78 is 5.13. The molecule has 3 unspecified atom stereocenters. The van der Waals surface area contributed by atoms with Gasteiger partial charge in [0.25, 0.3) is 0 Å². The quantitative estimate of drug-likeness (QED) is 0.866. The lowest BCUT2D eigenvalue weighted by molar-refractivity contribution is -0.149. The van der Waals surface area contributed by atoms with Gasteiger partial charge in [-0.25, -0.2) is 4.79 Å². The van der Waals surface area contributed by atoms with Gasteiger partial charge in [-0.15, -0.1) is 0 Å². The van der Waals surface area contributed by atoms with Crippen LogP contribution in [0.1, 0.15) is 44.1 Å². The largest absolute Gasteiger partial charge is 0.495 e. The van der Waals surface area contributed by atoms with E-state index in [1.54, 1.807) is 24.1 Å². The number of aryl methyl sites for hydroxylation is 1. The number of nitrogens with zero attached hydrogens (tertiary/aromatic N) is 1. The molecule has 0 bridgehead atoms. The van der Waals surface area contributed by atoms with Gasteiger partial charge in [-0.3, -0.25) is 4.79 Å². The molecule has 1 aliphatic heterocycles. The van der Waals surface area contributed by atoms with Crippen LogP contribution in [0.3, 0.4) is 0 Å². The van der Waals surface area contributed by atoms with Gasteiger partial charge < -0.3 is 14.7 Å². The molecule has 1 heterocycles. The van der Waals surface area contributed by atoms with Gasteiger partial charge >= 0.3 is 5.97 Å². The van der Waals surface area contributed by atoms with Gasteiger partial charge in [-0.2, -0.15) is 0 Å². The fraction of sp³-hybridized carbons (Fsp3) is 0.579. The fourth-order valence-electron chi connectivity index (χ4n) is 4.29. The van der Waals surface area contributed by atoms with Crippen molar-refractivity contribution in [3.8, 4) is 5.75 Å². The van der Waals surface area contributed by atoms with Crippen molar-refractivity contribution in [2.24, 2.45) is 5.92 Å². The maximum Gasteiger partial charge on any atom is 0.326 e. The van der Waals surface area contributed by atoms with Crippen LogP contribution in [-0.2, 0) is 16.0 Å². The number of carbonyl (C=O) groups is 2. The van der Waals surface area contributed by atoms with E-state index in [9.17, 15) is 14.7 Å². The number of halogens is 1. The van der Waals surface area contributed by atoms with Gasteiger partial charge in [0.2, 0.25) is 5.91 Å². The minimum atomic E-state index is -0.879. The summed E-state index contributed by atoms with van der Waals surface area (Å²) >= 11 is 6.13. The Morgan fingerprint density at radius 2 is 2.08 bits per heavy atom. The number of ether oxygens (including phenoxy) is 1. The molecule has 1 saturated heterocycles. The first kappa shape index (κ1) is 18.1. The Hall–Kier alpha value is -1.75. The molecule has 1 amide bonds. The first-order chi connectivity index (χ1) is 12.0. The first-order valence-corrected chi connectivity index (χ1v) is 9.25. The van der Waals surface area contributed by atoms with Gasteiger partial charge in [0.15, 0.2) is 0 Å². The van der Waals surface area contributed by atoms with Crippen LogP contribution in [0.15, 0.2) is 18.2 Å². The van der Waals surface area contributed by atoms with Crippen LogP contribution in [0.25, 0.3) is 0 Å². The normalized spacial score (nSPS) is 25.5. The van der Waals surface area contributed by atoms with Crippen molar-refractivity contribution in [2.75, 3.05) is 7.11 Å². The number of fused-ring (bicyclic) bond motifs is 1. The van der Waals surface area contributed by atoms with E-state index in [4.69, 9.17) is 16.3 Å². The highest BCUT2D eigenvalue weighted by Crippen LogP contribution is 2.40. The van der Waals surface area contributed by atoms with E-state index in [2.05, 4.69) is 0 Å². The SMILES string of the molecule is COc1ccc(CCC(=O)N2C(C(=O)O)CC3CCCCC32)cc1Cl. The molecule has 2 fully saturated rings. The average molecular weight is 366 g/mol. The highest BCUT2D eigenvalue weighted by atomic mass is 35.5. The zero-order valence-electron chi connectivity index (χ0n) is 14.4. The summed E-state index contributed by atoms with van der Waals surface area (Å²) in [5.41, 5.74) is 0.949. The maximum absolute atomic E-state index is 12.8. The standard InChI is InChI=1S/C19H24ClNO4/c1-25-17-8-6-12(10-14(17)20)7-9-18(22)21-15-5-3-2-4-13(15)11-16(21)19(23)24/h6,8,10,13,15-16H,2-5,7,9,11H2,1H3,(H,23,24). The molecule has 1 aliphatic carbocycles. The monoisotopic (exact) mass is 365 g/mol. The Morgan fingerprint density at radius 1 is 1.32 bits per heavy atom. The molecule has 1 saturated carbocycles. The molecule has 25 heavy (non-hydrogen) atoms. The minimum Gasteiger partial charge on any atom is -0.495 e. The second kappa shape index (κ2) is 7.65. The molecule has 0 spiro atoms. The van der Waals surface area contributed by atoms with E-state index in [-0.39, 0.29) is 11.9 Å². The number of rotatable bonds is 5. The summed E-state index contributed by atoms with van der Waals surface area (Å²) in [6.45, 7) is 0. The molecule has 2 aliphatic rings. The van der Waals surface area contributed by atoms with E-state index in [0.29, 0.717) is 36.0 Å². The number of aliphatic carboxylic acids is 1. The third-order valence-electron chi connectivity index (χ3n) is 5.50. The topological polar surface area (TPSA) is 66.8 Å². The predicted molar refractivity (Wildman–Crippen MR) is 95.0 cm³/mol. The number of carboxylic acid groups (broad SMARTS) is 1. The first-order valence-electron chi connectivity index (χ1n) is 8.87. The van der Waals surface area contributed by atoms with E-state index >= 15 is 0 Å². The van der Waals surface area contributed by atoms with Gasteiger partial charge in [0, 0.05) is 12.5 Å². The van der Waals surface area contributed by atoms with Crippen molar-refractivity contribution in [2.45, 2.75) is 57.0 Å². The zero-order valence-corrected chi connectivity index (χ0v) is 15.2. The van der Waals surface area contributed by atoms with Crippen molar-refractivity contribution >= 4 is 23.5 Å². The molecule has 3 atom stereocenters. The number of amides is 1. The number of likely N-dealkylation sites (tertiary alicyclic amines) is 1. The molecule has 5 nitrogen and oxygen atoms in total. The van der Waals surface area contributed by atoms with Crippen molar-refractivity contribution in [1.82, 2.24) is 4.90 Å². The lowest BCUT2D eigenvalue weighted by Gasteiger charge is -2.33. The predicted octanol–water partition coefficient (Wildman–Crippen LogP) is 3.53. The molecule has 3 rings (SSSR count). The average Bonchev–Trinajstić information content (AvgIpc) is 2.99. The summed E-state index contributed by atoms with van der Waals surface area (Å²) in [6, 6.07) is 4.91. The molecule has 1 aromatic carbocycles. The molecule has 136 valence electrons. The Morgan fingerprint density at radius 3 is 2.76 bits per heavy atom. The highest BCUT2D eigenvalue weighted by Gasteiger charge is 2.47. The van der Waals surface area contributed by atoms with E-state index in [1.807, 2.05) is 6.07 Å². The van der Waals surface area contributed by atoms with Crippen molar-refractivity contribution in [1.29, 1.82) is 0 Å². The zero-order chi connectivity index (χ0) is 18.0. The molecule has 1 aromatic rings. The second-order valence-electron chi connectivity index (χ2n) is 6.97. The summed E-state index contributed by atoms with van der Waals surface area (Å²) in [5, 5.41) is 10.1. The molecule has 1 N–H and O–H groups in total. The third kappa shape index (κ3) is 3.76. The summed E-state index contributed by atoms with van der Waals surface area (Å²) in [4.78, 5) is 26.1. The van der Waals surface area contributed by atoms with E-state index < -0.39 is 12.0 Å². The lowest BCUT2D eigenvalue weighted by Crippen LogP contribution is -2.46. The van der Waals surface area contributed by atoms with Crippen LogP contribution < -0.4 is 4.74 Å². The summed E-state index contributed by atoms with van der Waals surface area (Å²) in [5.74, 6) is 0.00508. The van der Waals surface area contributed by atoms with Crippen molar-refractivity contribution in [3.63, 3.8) is 0 Å². The fourth-order valence-corrected chi connectivity index (χ4v) is 4.57. The third-order valence-corrected chi connectivity index (χ3v) is 5.80. The molecular weight excluding hydrogens is 342 g/mol. The summed E-state index contributed by atoms with van der Waals surface area (Å²) in [6.07, 6.45) is 5.62. The van der Waals surface area contributed by atoms with Crippen LogP contribution in [-0.4, -0.2) is 41.1 Å². The van der Waals surface area contributed by atoms with Crippen LogP contribution in [0.2, 0.25) is 5.02 Å². The number of carbonyl (C=O) groups excluding carboxylic acids is 1. The number of methoxy groups -OCH3 is 1. The Labute approximate surface area is 152 Å². The number of hydrogen-bond donors (Lipinski definition) is 1. The Bertz CT molecular complexity index is 663. The number of hydrogen-bond acceptors (Lipinski definition) is 3. The lowest BCUT2D eigenvalue weighted by atomic mass is 9.84. The van der Waals surface area contributed by atoms with Crippen LogP contribution in [0, 0.1) is 5.92 Å². The van der Waals surface area contributed by atoms with Crippen LogP contribution >= 0.6 is 11.6 Å². The van der Waals surface area contributed by atoms with Crippen LogP contribution in [0.5, 0.6) is 5.75 Å². The number of benzene rings is 1. The molecule has 0 radical (unpaired) electrons. The maximum atomic E-state index is 12.8. The minimum absolute atomic E-state index is 0.0614. The van der Waals surface area contributed by atoms with Gasteiger partial charge in [-0.1, -0.05) is 30.5 Å². The second-order valence-corrected chi connectivity index (χ2v) is 7.38. The van der Waals surface area contributed by atoms with Gasteiger partial charge in [0.05, 0.1) is 12.1 Å². The van der Waals surface area contributed by atoms with Crippen LogP contribution in [0.4, 0.5) is 0 Å². The Kier molecular flexibility index (Phi) is 5.52. The highest BCUT2D eigenvalue weighted by molar-refractivity contribution is 6.32. The summed E-state index contributed by atoms with van der Waals surface area (Å²) in [7, 11) is 1.56. The van der Waals surface area contributed by atoms with E-state index in [1.165, 1.54) is 0 Å². The van der Waals surface area contributed by atoms with Gasteiger partial charge in [-0.05, 0) is 49.3 Å². The van der Waals surface area contributed by atoms with Crippen molar-refractivity contribution < 1.29 is 19.4 Å². The molecule has 6 heteroatoms. The smallest absolute Gasteiger partial charge is 0.326 e. The molecule has 0 aromatic heterocycles. The molecular formula is C19H24ClNO4. The number of carboxylic acids is 1. The van der Waals surface area contributed by atoms with Crippen molar-refractivity contribution in [3.05, 3.63) is 28.8 Å².